The van der Waals surface area contributed by atoms with Crippen LogP contribution in [0, 0.1) is 5.92 Å². The molecule has 0 bridgehead atoms. The highest BCUT2D eigenvalue weighted by Gasteiger charge is 2.31. The quantitative estimate of drug-likeness (QED) is 0.610. The van der Waals surface area contributed by atoms with Gasteiger partial charge < -0.3 is 9.64 Å². The van der Waals surface area contributed by atoms with Crippen molar-refractivity contribution in [3.05, 3.63) is 0 Å². The summed E-state index contributed by atoms with van der Waals surface area (Å²) in [7, 11) is 4.22. The molecule has 1 saturated carbocycles. The Morgan fingerprint density at radius 2 is 2.00 bits per heavy atom. The highest BCUT2D eigenvalue weighted by molar-refractivity contribution is 6.52. The van der Waals surface area contributed by atoms with Crippen LogP contribution >= 0.6 is 23.2 Å². The number of rotatable bonds is 4. The van der Waals surface area contributed by atoms with Gasteiger partial charge in [0, 0.05) is 5.92 Å². The van der Waals surface area contributed by atoms with E-state index in [0.717, 1.165) is 25.8 Å². The van der Waals surface area contributed by atoms with Gasteiger partial charge in [0.25, 0.3) is 0 Å². The number of quaternary nitrogens is 1. The Morgan fingerprint density at radius 1 is 1.38 bits per heavy atom. The summed E-state index contributed by atoms with van der Waals surface area (Å²) < 4.78 is 5.35. The fourth-order valence-electron chi connectivity index (χ4n) is 2.29. The molecule has 0 aromatic carbocycles. The molecule has 0 heterocycles. The predicted molar refractivity (Wildman–Crippen MR) is 65.0 cm³/mol. The Kier molecular flexibility index (Phi) is 5.87. The molecule has 0 aromatic heterocycles. The van der Waals surface area contributed by atoms with Crippen molar-refractivity contribution in [3.8, 4) is 0 Å². The molecule has 0 spiro atoms. The summed E-state index contributed by atoms with van der Waals surface area (Å²) in [6, 6.07) is 0. The van der Waals surface area contributed by atoms with Crippen LogP contribution in [0.25, 0.3) is 0 Å². The number of carbonyl (C=O) groups excluding carboxylic acids is 1. The molecule has 0 aliphatic heterocycles. The zero-order valence-electron chi connectivity index (χ0n) is 9.84. The van der Waals surface area contributed by atoms with Crippen molar-refractivity contribution in [3.63, 3.8) is 0 Å². The van der Waals surface area contributed by atoms with Crippen LogP contribution in [0.3, 0.4) is 0 Å². The zero-order chi connectivity index (χ0) is 12.1. The number of esters is 1. The number of alkyl halides is 2. The largest absolute Gasteiger partial charge is 0.460 e. The van der Waals surface area contributed by atoms with E-state index in [0.29, 0.717) is 5.92 Å². The summed E-state index contributed by atoms with van der Waals surface area (Å²) in [4.78, 5) is 11.7. The molecule has 1 fully saturated rings. The molecule has 94 valence electrons. The fourth-order valence-corrected chi connectivity index (χ4v) is 2.39. The smallest absolute Gasteiger partial charge is 0.339 e. The predicted octanol–water partition coefficient (Wildman–Crippen LogP) is 1.04. The summed E-state index contributed by atoms with van der Waals surface area (Å²) in [6.45, 7) is 1.02. The Labute approximate surface area is 107 Å². The van der Waals surface area contributed by atoms with Crippen molar-refractivity contribution in [2.45, 2.75) is 36.6 Å². The maximum atomic E-state index is 11.3. The Hall–Kier alpha value is 0.01000. The topological polar surface area (TPSA) is 30.7 Å². The average Bonchev–Trinajstić information content (AvgIpc) is 2.20. The van der Waals surface area contributed by atoms with Gasteiger partial charge in [-0.1, -0.05) is 29.6 Å². The molecular weight excluding hydrogens is 249 g/mol. The normalized spacial score (nSPS) is 26.1. The van der Waals surface area contributed by atoms with E-state index < -0.39 is 10.8 Å². The van der Waals surface area contributed by atoms with E-state index in [1.165, 1.54) is 11.3 Å². The molecule has 5 heteroatoms. The van der Waals surface area contributed by atoms with Crippen molar-refractivity contribution < 1.29 is 14.4 Å². The first-order chi connectivity index (χ1) is 7.50. The number of ether oxygens (including phenoxy) is 1. The molecule has 0 radical (unpaired) electrons. The van der Waals surface area contributed by atoms with Crippen LogP contribution in [-0.2, 0) is 9.53 Å². The molecule has 0 aromatic rings. The van der Waals surface area contributed by atoms with Crippen LogP contribution in [0.2, 0.25) is 0 Å². The summed E-state index contributed by atoms with van der Waals surface area (Å²) in [5.74, 6) is -0.0660. The number of nitrogens with one attached hydrogen (secondary N) is 1. The van der Waals surface area contributed by atoms with Gasteiger partial charge in [0.2, 0.25) is 4.84 Å². The minimum absolute atomic E-state index is 0.00356. The highest BCUT2D eigenvalue weighted by atomic mass is 35.5. The molecule has 3 nitrogen and oxygen atoms in total. The molecule has 0 saturated heterocycles. The molecule has 16 heavy (non-hydrogen) atoms. The zero-order valence-corrected chi connectivity index (χ0v) is 11.4. The minimum Gasteiger partial charge on any atom is -0.460 e. The Morgan fingerprint density at radius 3 is 2.56 bits per heavy atom. The maximum absolute atomic E-state index is 11.3. The average molecular weight is 269 g/mol. The van der Waals surface area contributed by atoms with Crippen LogP contribution in [-0.4, -0.2) is 37.5 Å². The van der Waals surface area contributed by atoms with E-state index in [1.807, 2.05) is 0 Å². The van der Waals surface area contributed by atoms with Crippen molar-refractivity contribution in [1.82, 2.24) is 0 Å². The molecule has 2 atom stereocenters. The Bertz CT molecular complexity index is 234. The second kappa shape index (κ2) is 6.67. The lowest BCUT2D eigenvalue weighted by molar-refractivity contribution is -0.862. The second-order valence-electron chi connectivity index (χ2n) is 4.73. The van der Waals surface area contributed by atoms with Gasteiger partial charge in [0.1, 0.15) is 6.10 Å². The third-order valence-corrected chi connectivity index (χ3v) is 3.31. The second-order valence-corrected chi connectivity index (χ2v) is 5.83. The van der Waals surface area contributed by atoms with Gasteiger partial charge >= 0.3 is 5.97 Å². The first kappa shape index (κ1) is 14.1. The minimum atomic E-state index is -1.06. The van der Waals surface area contributed by atoms with E-state index in [4.69, 9.17) is 27.9 Å². The molecule has 0 unspecified atom stereocenters. The van der Waals surface area contributed by atoms with Gasteiger partial charge in [-0.15, -0.1) is 0 Å². The highest BCUT2D eigenvalue weighted by Crippen LogP contribution is 2.26. The van der Waals surface area contributed by atoms with Gasteiger partial charge in [0.15, 0.2) is 0 Å². The van der Waals surface area contributed by atoms with Crippen LogP contribution in [0.1, 0.15) is 25.7 Å². The van der Waals surface area contributed by atoms with Gasteiger partial charge in [-0.25, -0.2) is 4.79 Å². The summed E-state index contributed by atoms with van der Waals surface area (Å²) >= 11 is 11.0. The van der Waals surface area contributed by atoms with E-state index >= 15 is 0 Å². The van der Waals surface area contributed by atoms with Gasteiger partial charge in [-0.05, 0) is 19.3 Å². The van der Waals surface area contributed by atoms with E-state index in [2.05, 4.69) is 14.1 Å². The van der Waals surface area contributed by atoms with E-state index in [-0.39, 0.29) is 6.10 Å². The van der Waals surface area contributed by atoms with Gasteiger partial charge in [-0.2, -0.15) is 0 Å². The lowest BCUT2D eigenvalue weighted by Crippen LogP contribution is -3.06. The monoisotopic (exact) mass is 268 g/mol. The lowest BCUT2D eigenvalue weighted by atomic mass is 9.86. The number of halogens is 2. The van der Waals surface area contributed by atoms with Gasteiger partial charge in [0.05, 0.1) is 20.6 Å². The van der Waals surface area contributed by atoms with Gasteiger partial charge in [-0.3, -0.25) is 0 Å². The number of carbonyl (C=O) groups is 1. The lowest BCUT2D eigenvalue weighted by Gasteiger charge is -2.31. The standard InChI is InChI=1S/C11H19Cl2NO2/c1-14(2)7-8-5-3-4-6-9(8)16-11(15)10(12)13/h8-10H,3-7H2,1-2H3/p+1/t8-,9-/m0/s1. The first-order valence-electron chi connectivity index (χ1n) is 5.78. The molecule has 1 aliphatic rings. The SMILES string of the molecule is C[NH+](C)C[C@@H]1CCCC[C@@H]1OC(=O)C(Cl)Cl. The van der Waals surface area contributed by atoms with E-state index in [1.54, 1.807) is 0 Å². The third kappa shape index (κ3) is 4.48. The summed E-state index contributed by atoms with van der Waals surface area (Å²) in [5, 5.41) is 0. The Balaban J connectivity index is 2.49. The van der Waals surface area contributed by atoms with Crippen molar-refractivity contribution >= 4 is 29.2 Å². The van der Waals surface area contributed by atoms with Crippen molar-refractivity contribution in [1.29, 1.82) is 0 Å². The van der Waals surface area contributed by atoms with Crippen molar-refractivity contribution in [2.24, 2.45) is 5.92 Å². The van der Waals surface area contributed by atoms with Crippen LogP contribution in [0.15, 0.2) is 0 Å². The summed E-state index contributed by atoms with van der Waals surface area (Å²) in [5.41, 5.74) is 0. The van der Waals surface area contributed by atoms with Crippen LogP contribution in [0.5, 0.6) is 0 Å². The molecule has 1 rings (SSSR count). The van der Waals surface area contributed by atoms with Crippen molar-refractivity contribution in [2.75, 3.05) is 20.6 Å². The summed E-state index contributed by atoms with van der Waals surface area (Å²) in [6.07, 6.45) is 4.39. The molecular formula is C11H20Cl2NO2+. The number of hydrogen-bond donors (Lipinski definition) is 1. The number of hydrogen-bond acceptors (Lipinski definition) is 2. The van der Waals surface area contributed by atoms with Crippen LogP contribution < -0.4 is 4.90 Å². The van der Waals surface area contributed by atoms with Crippen LogP contribution in [0.4, 0.5) is 0 Å². The van der Waals surface area contributed by atoms with E-state index in [9.17, 15) is 4.79 Å². The fraction of sp³-hybridized carbons (Fsp3) is 0.909. The molecule has 1 aliphatic carbocycles. The third-order valence-electron chi connectivity index (χ3n) is 2.96. The maximum Gasteiger partial charge on any atom is 0.339 e. The molecule has 0 amide bonds. The first-order valence-corrected chi connectivity index (χ1v) is 6.65. The molecule has 1 N–H and O–H groups in total.